The maximum Gasteiger partial charge on any atom is 1.00 e. The van der Waals surface area contributed by atoms with Crippen molar-refractivity contribution in [3.63, 3.8) is 0 Å². The topological polar surface area (TPSA) is 172 Å². The molecule has 2 aliphatic rings. The fourth-order valence-corrected chi connectivity index (χ4v) is 4.36. The van der Waals surface area contributed by atoms with Crippen molar-refractivity contribution in [1.82, 2.24) is 30.4 Å². The summed E-state index contributed by atoms with van der Waals surface area (Å²) in [6.45, 7) is -0.330. The van der Waals surface area contributed by atoms with E-state index in [9.17, 15) is 28.3 Å². The molecule has 13 nitrogen and oxygen atoms in total. The summed E-state index contributed by atoms with van der Waals surface area (Å²) in [5, 5.41) is 34.3. The van der Waals surface area contributed by atoms with Crippen LogP contribution in [0, 0.1) is 0 Å². The number of carboxylic acids is 1. The third-order valence-corrected chi connectivity index (χ3v) is 6.20. The molecule has 0 aromatic carbocycles. The number of aliphatic hydroxyl groups is 1. The maximum atomic E-state index is 12.8. The van der Waals surface area contributed by atoms with Crippen LogP contribution in [-0.2, 0) is 30.4 Å². The number of β-lactam (4-membered cyclic amide) rings is 1. The van der Waals surface area contributed by atoms with Gasteiger partial charge in [-0.1, -0.05) is 23.5 Å². The van der Waals surface area contributed by atoms with Crippen LogP contribution in [0.1, 0.15) is 0 Å². The van der Waals surface area contributed by atoms with Gasteiger partial charge in [0.05, 0.1) is 37.2 Å². The summed E-state index contributed by atoms with van der Waals surface area (Å²) in [5.41, 5.74) is -2.32. The van der Waals surface area contributed by atoms with Crippen LogP contribution < -0.4 is 40.0 Å². The Labute approximate surface area is 215 Å². The number of ether oxygens (including phenoxy) is 2. The van der Waals surface area contributed by atoms with Crippen LogP contribution in [0.3, 0.4) is 0 Å². The maximum absolute atomic E-state index is 12.8. The molecule has 0 radical (unpaired) electrons. The first-order valence-corrected chi connectivity index (χ1v) is 10.9. The van der Waals surface area contributed by atoms with E-state index < -0.39 is 46.9 Å². The zero-order valence-electron chi connectivity index (χ0n) is 17.4. The normalized spacial score (nSPS) is 22.0. The number of hydrogen-bond acceptors (Lipinski definition) is 12. The Morgan fingerprint density at radius 3 is 2.82 bits per heavy atom. The quantitative estimate of drug-likeness (QED) is 0.123. The minimum atomic E-state index is -2.79. The average Bonchev–Trinajstić information content (AvgIpc) is 3.20. The molecule has 2 amide bonds. The summed E-state index contributed by atoms with van der Waals surface area (Å²) in [4.78, 5) is 37.4. The van der Waals surface area contributed by atoms with Gasteiger partial charge in [-0.25, -0.2) is 4.68 Å². The molecule has 176 valence electrons. The molecular weight excluding hydrogens is 501 g/mol. The number of tetrazole rings is 1. The Morgan fingerprint density at radius 1 is 1.48 bits per heavy atom. The smallest absolute Gasteiger partial charge is 0.543 e. The van der Waals surface area contributed by atoms with Gasteiger partial charge < -0.3 is 29.8 Å². The molecule has 0 aliphatic carbocycles. The van der Waals surface area contributed by atoms with E-state index in [4.69, 9.17) is 14.6 Å². The van der Waals surface area contributed by atoms with Gasteiger partial charge in [0.25, 0.3) is 17.4 Å². The Hall–Kier alpha value is -1.34. The molecule has 1 aromatic heterocycles. The van der Waals surface area contributed by atoms with E-state index in [1.807, 2.05) is 0 Å². The van der Waals surface area contributed by atoms with Crippen molar-refractivity contribution in [2.75, 3.05) is 31.8 Å². The Morgan fingerprint density at radius 2 is 2.21 bits per heavy atom. The second-order valence-corrected chi connectivity index (χ2v) is 8.26. The predicted molar refractivity (Wildman–Crippen MR) is 101 cm³/mol. The van der Waals surface area contributed by atoms with Crippen molar-refractivity contribution in [2.24, 2.45) is 0 Å². The van der Waals surface area contributed by atoms with Crippen LogP contribution in [0.4, 0.5) is 8.78 Å². The van der Waals surface area contributed by atoms with Crippen molar-refractivity contribution < 1.29 is 72.4 Å². The first-order chi connectivity index (χ1) is 15.2. The minimum Gasteiger partial charge on any atom is -0.543 e. The molecule has 1 aromatic rings. The second kappa shape index (κ2) is 11.9. The van der Waals surface area contributed by atoms with E-state index >= 15 is 0 Å². The molecule has 0 bridgehead atoms. The summed E-state index contributed by atoms with van der Waals surface area (Å²) in [6, 6.07) is 0. The molecule has 18 heteroatoms. The fourth-order valence-electron chi connectivity index (χ4n) is 3.11. The molecular formula is C15H17F2N6NaO7S2. The van der Waals surface area contributed by atoms with Crippen LogP contribution in [0.25, 0.3) is 0 Å². The van der Waals surface area contributed by atoms with Crippen LogP contribution >= 0.6 is 23.5 Å². The Balaban J connectivity index is 0.00000385. The summed E-state index contributed by atoms with van der Waals surface area (Å²) in [6.07, 6.45) is -1.33. The van der Waals surface area contributed by atoms with Crippen molar-refractivity contribution >= 4 is 41.3 Å². The van der Waals surface area contributed by atoms with Crippen molar-refractivity contribution in [2.45, 2.75) is 29.4 Å². The minimum absolute atomic E-state index is 0. The fraction of sp³-hybridized carbons (Fsp3) is 0.600. The number of thioether (sulfide) groups is 2. The first-order valence-electron chi connectivity index (χ1n) is 8.89. The summed E-state index contributed by atoms with van der Waals surface area (Å²) in [7, 11) is 1.09. The van der Waals surface area contributed by atoms with Gasteiger partial charge in [-0.15, -0.1) is 5.10 Å². The van der Waals surface area contributed by atoms with Gasteiger partial charge in [-0.05, 0) is 16.0 Å². The number of aromatic nitrogens is 4. The van der Waals surface area contributed by atoms with Crippen LogP contribution in [-0.4, -0.2) is 97.5 Å². The van der Waals surface area contributed by atoms with Gasteiger partial charge in [0.1, 0.15) is 0 Å². The summed E-state index contributed by atoms with van der Waals surface area (Å²) >= 11 is 1.10. The number of aliphatic carboxylic acids is 1. The van der Waals surface area contributed by atoms with Crippen molar-refractivity contribution in [3.05, 3.63) is 11.3 Å². The SMILES string of the molecule is COC1(NC(=O)CSC(F)F)C(=O)N2C(C(=O)[O-])=C(CSc3nnnn3CCO)COC21.[Na+]. The monoisotopic (exact) mass is 518 g/mol. The van der Waals surface area contributed by atoms with Crippen LogP contribution in [0.5, 0.6) is 0 Å². The second-order valence-electron chi connectivity index (χ2n) is 6.33. The Kier molecular flexibility index (Phi) is 10.0. The molecule has 1 fully saturated rings. The number of nitrogens with zero attached hydrogens (tertiary/aromatic N) is 5. The van der Waals surface area contributed by atoms with Gasteiger partial charge in [0, 0.05) is 12.9 Å². The molecule has 2 atom stereocenters. The number of carboxylic acid groups (broad SMARTS) is 1. The standard InChI is InChI=1S/C15H18F2N6O7S2.Na/c1-29-15(18-8(25)6-31-13(16)17)11(28)23-9(10(26)27)7(4-30-12(15)23)5-32-14-19-20-21-22(14)2-3-24;/h12-13,24H,2-6H2,1H3,(H,18,25)(H,26,27);/q;+1/p-1. The van der Waals surface area contributed by atoms with E-state index in [-0.39, 0.29) is 72.4 Å². The number of alkyl halides is 2. The van der Waals surface area contributed by atoms with Gasteiger partial charge >= 0.3 is 29.6 Å². The summed E-state index contributed by atoms with van der Waals surface area (Å²) < 4.78 is 36.6. The number of hydrogen-bond donors (Lipinski definition) is 2. The zero-order chi connectivity index (χ0) is 23.5. The van der Waals surface area contributed by atoms with Crippen LogP contribution in [0.2, 0.25) is 0 Å². The molecule has 1 saturated heterocycles. The van der Waals surface area contributed by atoms with Crippen molar-refractivity contribution in [1.29, 1.82) is 0 Å². The van der Waals surface area contributed by atoms with E-state index in [1.54, 1.807) is 0 Å². The van der Waals surface area contributed by atoms with E-state index in [2.05, 4.69) is 20.8 Å². The molecule has 3 heterocycles. The number of carbonyl (C=O) groups excluding carboxylic acids is 3. The van der Waals surface area contributed by atoms with Crippen LogP contribution in [0.15, 0.2) is 16.4 Å². The van der Waals surface area contributed by atoms with E-state index in [0.717, 1.165) is 23.8 Å². The molecule has 3 rings (SSSR count). The molecule has 0 saturated carbocycles. The number of nitrogens with one attached hydrogen (secondary N) is 1. The number of amides is 2. The number of methoxy groups -OCH3 is 1. The molecule has 2 aliphatic heterocycles. The van der Waals surface area contributed by atoms with Gasteiger partial charge in [-0.3, -0.25) is 14.5 Å². The average molecular weight is 518 g/mol. The molecule has 2 N–H and O–H groups in total. The third-order valence-electron chi connectivity index (χ3n) is 4.48. The van der Waals surface area contributed by atoms with Gasteiger partial charge in [0.15, 0.2) is 6.23 Å². The number of aliphatic hydroxyl groups excluding tert-OH is 1. The summed E-state index contributed by atoms with van der Waals surface area (Å²) in [5.74, 6) is -6.93. The van der Waals surface area contributed by atoms with Gasteiger partial charge in [-0.2, -0.15) is 8.78 Å². The van der Waals surface area contributed by atoms with Crippen molar-refractivity contribution in [3.8, 4) is 0 Å². The third kappa shape index (κ3) is 5.67. The van der Waals surface area contributed by atoms with E-state index in [0.29, 0.717) is 5.16 Å². The van der Waals surface area contributed by atoms with Gasteiger partial charge in [0.2, 0.25) is 11.1 Å². The number of rotatable bonds is 11. The largest absolute Gasteiger partial charge is 1.00 e. The zero-order valence-corrected chi connectivity index (χ0v) is 21.0. The number of halogens is 2. The van der Waals surface area contributed by atoms with E-state index in [1.165, 1.54) is 4.68 Å². The predicted octanol–water partition coefficient (Wildman–Crippen LogP) is -5.62. The number of fused-ring (bicyclic) bond motifs is 1. The Bertz CT molecular complexity index is 938. The first kappa shape index (κ1) is 27.9. The molecule has 2 unspecified atom stereocenters. The molecule has 0 spiro atoms. The molecule has 33 heavy (non-hydrogen) atoms. The number of carbonyl (C=O) groups is 3.